The highest BCUT2D eigenvalue weighted by molar-refractivity contribution is 5.79. The van der Waals surface area contributed by atoms with Crippen LogP contribution in [0, 0.1) is 16.7 Å². The average molecular weight is 262 g/mol. The van der Waals surface area contributed by atoms with E-state index in [9.17, 15) is 4.79 Å². The van der Waals surface area contributed by atoms with Gasteiger partial charge in [-0.15, -0.1) is 6.58 Å². The lowest BCUT2D eigenvalue weighted by Gasteiger charge is -2.14. The maximum atomic E-state index is 12.3. The number of rotatable bonds is 4. The number of carbonyl (C=O) groups is 1. The third kappa shape index (κ3) is 2.15. The number of hydrogen-bond acceptors (Lipinski definition) is 2. The first-order valence-corrected chi connectivity index (χ1v) is 7.23. The Morgan fingerprint density at radius 2 is 1.95 bits per heavy atom. The second kappa shape index (κ2) is 4.50. The first kappa shape index (κ1) is 14.4. The molecule has 1 unspecified atom stereocenters. The van der Waals surface area contributed by atoms with E-state index in [0.29, 0.717) is 0 Å². The van der Waals surface area contributed by atoms with Gasteiger partial charge in [-0.25, -0.2) is 0 Å². The highest BCUT2D eigenvalue weighted by Crippen LogP contribution is 2.68. The Labute approximate surface area is 116 Å². The molecule has 2 aliphatic carbocycles. The minimum atomic E-state index is -0.0146. The molecule has 19 heavy (non-hydrogen) atoms. The van der Waals surface area contributed by atoms with Crippen molar-refractivity contribution in [1.82, 2.24) is 0 Å². The Balaban J connectivity index is 2.01. The van der Waals surface area contributed by atoms with Crippen LogP contribution in [0.5, 0.6) is 0 Å². The Bertz CT molecular complexity index is 426. The molecule has 2 heteroatoms. The van der Waals surface area contributed by atoms with Gasteiger partial charge in [0.25, 0.3) is 0 Å². The van der Waals surface area contributed by atoms with Crippen LogP contribution in [0.25, 0.3) is 0 Å². The van der Waals surface area contributed by atoms with Crippen LogP contribution in [-0.4, -0.2) is 12.1 Å². The molecular formula is C17H26O2. The number of esters is 1. The molecule has 1 saturated carbocycles. The molecule has 2 nitrogen and oxygen atoms in total. The summed E-state index contributed by atoms with van der Waals surface area (Å²) >= 11 is 0. The molecule has 1 atom stereocenters. The summed E-state index contributed by atoms with van der Waals surface area (Å²) in [6, 6.07) is 0. The van der Waals surface area contributed by atoms with Gasteiger partial charge in [-0.1, -0.05) is 39.3 Å². The van der Waals surface area contributed by atoms with E-state index < -0.39 is 0 Å². The molecule has 0 amide bonds. The minimum Gasteiger partial charge on any atom is -0.458 e. The molecular weight excluding hydrogens is 236 g/mol. The van der Waals surface area contributed by atoms with Gasteiger partial charge >= 0.3 is 5.97 Å². The number of carbonyl (C=O) groups excluding carboxylic acids is 1. The van der Waals surface area contributed by atoms with Crippen molar-refractivity contribution in [1.29, 1.82) is 0 Å². The summed E-state index contributed by atoms with van der Waals surface area (Å²) in [4.78, 5) is 12.3. The van der Waals surface area contributed by atoms with Crippen LogP contribution in [0.4, 0.5) is 0 Å². The zero-order chi connectivity index (χ0) is 14.4. The van der Waals surface area contributed by atoms with E-state index in [1.165, 1.54) is 11.1 Å². The predicted octanol–water partition coefficient (Wildman–Crippen LogP) is 4.27. The van der Waals surface area contributed by atoms with Crippen molar-refractivity contribution in [3.63, 3.8) is 0 Å². The van der Waals surface area contributed by atoms with E-state index in [2.05, 4.69) is 41.2 Å². The van der Waals surface area contributed by atoms with Gasteiger partial charge in [0.15, 0.2) is 0 Å². The van der Waals surface area contributed by atoms with Gasteiger partial charge in [-0.3, -0.25) is 4.79 Å². The van der Waals surface area contributed by atoms with Crippen LogP contribution in [0.1, 0.15) is 53.9 Å². The van der Waals surface area contributed by atoms with E-state index in [4.69, 9.17) is 4.74 Å². The lowest BCUT2D eigenvalue weighted by Crippen LogP contribution is -2.20. The molecule has 0 aromatic rings. The van der Waals surface area contributed by atoms with Crippen LogP contribution in [0.15, 0.2) is 23.8 Å². The maximum absolute atomic E-state index is 12.3. The third-order valence-corrected chi connectivity index (χ3v) is 5.65. The molecule has 0 heterocycles. The monoisotopic (exact) mass is 262 g/mol. The van der Waals surface area contributed by atoms with E-state index in [0.717, 1.165) is 19.3 Å². The standard InChI is InChI=1S/C17H26O2/c1-7-8-12-9-10-13(11(12)2)19-15(18)14-16(3,4)17(14,5)6/h7,13-14H,1,8-10H2,2-6H3. The minimum absolute atomic E-state index is 0.00495. The fourth-order valence-corrected chi connectivity index (χ4v) is 3.53. The summed E-state index contributed by atoms with van der Waals surface area (Å²) in [5.74, 6) is 0.0236. The van der Waals surface area contributed by atoms with Gasteiger partial charge in [0.2, 0.25) is 0 Å². The van der Waals surface area contributed by atoms with E-state index in [1.807, 2.05) is 6.08 Å². The van der Waals surface area contributed by atoms with E-state index in [-0.39, 0.29) is 28.8 Å². The largest absolute Gasteiger partial charge is 0.458 e. The van der Waals surface area contributed by atoms with Crippen molar-refractivity contribution >= 4 is 5.97 Å². The van der Waals surface area contributed by atoms with Crippen LogP contribution >= 0.6 is 0 Å². The molecule has 1 fully saturated rings. The molecule has 2 aliphatic rings. The molecule has 0 bridgehead atoms. The Morgan fingerprint density at radius 1 is 1.37 bits per heavy atom. The summed E-state index contributed by atoms with van der Waals surface area (Å²) in [6.45, 7) is 14.5. The molecule has 0 aromatic heterocycles. The Morgan fingerprint density at radius 3 is 2.42 bits per heavy atom. The highest BCUT2D eigenvalue weighted by Gasteiger charge is 2.69. The van der Waals surface area contributed by atoms with E-state index >= 15 is 0 Å². The van der Waals surface area contributed by atoms with Crippen LogP contribution in [0.3, 0.4) is 0 Å². The second-order valence-corrected chi connectivity index (χ2v) is 7.12. The molecule has 0 spiro atoms. The summed E-state index contributed by atoms with van der Waals surface area (Å²) in [7, 11) is 0. The normalized spacial score (nSPS) is 28.4. The molecule has 0 aliphatic heterocycles. The third-order valence-electron chi connectivity index (χ3n) is 5.65. The van der Waals surface area contributed by atoms with Gasteiger partial charge in [0.1, 0.15) is 6.10 Å². The van der Waals surface area contributed by atoms with Crippen molar-refractivity contribution in [2.24, 2.45) is 16.7 Å². The van der Waals surface area contributed by atoms with Gasteiger partial charge in [-0.2, -0.15) is 0 Å². The fourth-order valence-electron chi connectivity index (χ4n) is 3.53. The second-order valence-electron chi connectivity index (χ2n) is 7.12. The predicted molar refractivity (Wildman–Crippen MR) is 77.7 cm³/mol. The van der Waals surface area contributed by atoms with Gasteiger partial charge < -0.3 is 4.74 Å². The molecule has 2 rings (SSSR count). The first-order chi connectivity index (χ1) is 8.73. The maximum Gasteiger partial charge on any atom is 0.310 e. The number of allylic oxidation sites excluding steroid dienone is 2. The highest BCUT2D eigenvalue weighted by atomic mass is 16.5. The van der Waals surface area contributed by atoms with Crippen molar-refractivity contribution in [2.45, 2.75) is 60.0 Å². The smallest absolute Gasteiger partial charge is 0.310 e. The number of ether oxygens (including phenoxy) is 1. The van der Waals surface area contributed by atoms with Crippen molar-refractivity contribution in [2.75, 3.05) is 0 Å². The lowest BCUT2D eigenvalue weighted by atomic mass is 10.0. The molecule has 0 radical (unpaired) electrons. The van der Waals surface area contributed by atoms with Gasteiger partial charge in [0, 0.05) is 0 Å². The SMILES string of the molecule is C=CCC1=C(C)C(OC(=O)C2C(C)(C)C2(C)C)CC1. The quantitative estimate of drug-likeness (QED) is 0.559. The summed E-state index contributed by atoms with van der Waals surface area (Å²) in [5, 5.41) is 0. The summed E-state index contributed by atoms with van der Waals surface area (Å²) in [6.07, 6.45) is 4.81. The van der Waals surface area contributed by atoms with Crippen molar-refractivity contribution in [3.05, 3.63) is 23.8 Å². The van der Waals surface area contributed by atoms with Crippen LogP contribution < -0.4 is 0 Å². The zero-order valence-electron chi connectivity index (χ0n) is 12.9. The average Bonchev–Trinajstić information content (AvgIpc) is 2.54. The molecule has 0 saturated heterocycles. The summed E-state index contributed by atoms with van der Waals surface area (Å²) < 4.78 is 5.76. The summed E-state index contributed by atoms with van der Waals surface area (Å²) in [5.41, 5.74) is 2.75. The molecule has 0 N–H and O–H groups in total. The Kier molecular flexibility index (Phi) is 3.40. The van der Waals surface area contributed by atoms with E-state index in [1.54, 1.807) is 0 Å². The van der Waals surface area contributed by atoms with Crippen molar-refractivity contribution in [3.8, 4) is 0 Å². The van der Waals surface area contributed by atoms with Gasteiger partial charge in [0.05, 0.1) is 5.92 Å². The molecule has 106 valence electrons. The zero-order valence-corrected chi connectivity index (χ0v) is 12.9. The lowest BCUT2D eigenvalue weighted by molar-refractivity contribution is -0.150. The number of hydrogen-bond donors (Lipinski definition) is 0. The fraction of sp³-hybridized carbons (Fsp3) is 0.706. The first-order valence-electron chi connectivity index (χ1n) is 7.23. The van der Waals surface area contributed by atoms with Crippen LogP contribution in [0.2, 0.25) is 0 Å². The topological polar surface area (TPSA) is 26.3 Å². The molecule has 0 aromatic carbocycles. The van der Waals surface area contributed by atoms with Crippen LogP contribution in [-0.2, 0) is 9.53 Å². The van der Waals surface area contributed by atoms with Gasteiger partial charge in [-0.05, 0) is 42.6 Å². The van der Waals surface area contributed by atoms with Crippen molar-refractivity contribution < 1.29 is 9.53 Å². The Hall–Kier alpha value is -1.05.